The van der Waals surface area contributed by atoms with Crippen molar-refractivity contribution in [2.24, 2.45) is 0 Å². The average molecular weight is 172 g/mol. The van der Waals surface area contributed by atoms with E-state index in [1.54, 1.807) is 0 Å². The minimum absolute atomic E-state index is 0. The molecule has 0 aromatic heterocycles. The third kappa shape index (κ3) is 7.94. The van der Waals surface area contributed by atoms with Crippen LogP contribution in [0.4, 0.5) is 0 Å². The summed E-state index contributed by atoms with van der Waals surface area (Å²) in [5.74, 6) is -1.84. The zero-order valence-electron chi connectivity index (χ0n) is 7.53. The van der Waals surface area contributed by atoms with Gasteiger partial charge in [0.1, 0.15) is 0 Å². The number of carbonyl (C=O) groups is 2. The van der Waals surface area contributed by atoms with E-state index in [-0.39, 0.29) is 40.6 Å². The van der Waals surface area contributed by atoms with Crippen molar-refractivity contribution in [3.8, 4) is 0 Å². The summed E-state index contributed by atoms with van der Waals surface area (Å²) >= 11 is 0. The maximum Gasteiger partial charge on any atom is 2.00 e. The zero-order valence-corrected chi connectivity index (χ0v) is 7.74. The number of aliphatic carboxylic acids is 1. The van der Waals surface area contributed by atoms with Crippen LogP contribution in [0.5, 0.6) is 0 Å². The number of carboxylic acid groups (broad SMARTS) is 1. The van der Waals surface area contributed by atoms with E-state index in [0.717, 1.165) is 6.08 Å². The summed E-state index contributed by atoms with van der Waals surface area (Å²) in [5.41, 5.74) is 0. The Morgan fingerprint density at radius 3 is 2.30 bits per heavy atom. The third-order valence-corrected chi connectivity index (χ3v) is 0.563. The quantitative estimate of drug-likeness (QED) is 0.351. The Hall–Kier alpha value is -0.0603. The van der Waals surface area contributed by atoms with Crippen LogP contribution < -0.4 is 0 Å². The molecule has 10 heavy (non-hydrogen) atoms. The molecule has 0 amide bonds. The SMILES string of the molecule is COC(=O)C=CC(=O)O.[Ca+2].[H-].[H-]. The molecule has 4 nitrogen and oxygen atoms in total. The molecule has 0 aliphatic rings. The van der Waals surface area contributed by atoms with Gasteiger partial charge in [-0.05, 0) is 0 Å². The second-order valence-electron chi connectivity index (χ2n) is 1.19. The van der Waals surface area contributed by atoms with E-state index >= 15 is 0 Å². The molecule has 0 rings (SSSR count). The third-order valence-electron chi connectivity index (χ3n) is 0.563. The molecular weight excluding hydrogens is 164 g/mol. The van der Waals surface area contributed by atoms with Gasteiger partial charge in [0.15, 0.2) is 0 Å². The Labute approximate surface area is 90.8 Å². The van der Waals surface area contributed by atoms with Crippen molar-refractivity contribution in [2.75, 3.05) is 7.11 Å². The maximum absolute atomic E-state index is 10.1. The molecule has 0 atom stereocenters. The Bertz CT molecular complexity index is 160. The Kier molecular flexibility index (Phi) is 8.89. The van der Waals surface area contributed by atoms with Gasteiger partial charge in [0.2, 0.25) is 0 Å². The first-order valence-electron chi connectivity index (χ1n) is 2.15. The van der Waals surface area contributed by atoms with Crippen molar-refractivity contribution < 1.29 is 22.3 Å². The van der Waals surface area contributed by atoms with E-state index in [4.69, 9.17) is 5.11 Å². The molecule has 0 aliphatic heterocycles. The minimum atomic E-state index is -1.17. The number of rotatable bonds is 2. The van der Waals surface area contributed by atoms with Gasteiger partial charge in [-0.15, -0.1) is 0 Å². The van der Waals surface area contributed by atoms with Crippen LogP contribution in [0, 0.1) is 0 Å². The number of ether oxygens (including phenoxy) is 1. The van der Waals surface area contributed by atoms with Gasteiger partial charge >= 0.3 is 49.7 Å². The molecular formula is C5H8CaO4. The predicted octanol–water partition coefficient (Wildman–Crippen LogP) is -0.356. The molecule has 0 radical (unpaired) electrons. The van der Waals surface area contributed by atoms with Crippen molar-refractivity contribution in [1.82, 2.24) is 0 Å². The van der Waals surface area contributed by atoms with Gasteiger partial charge in [0.05, 0.1) is 7.11 Å². The van der Waals surface area contributed by atoms with Crippen molar-refractivity contribution in [3.63, 3.8) is 0 Å². The first kappa shape index (κ1) is 12.6. The smallest absolute Gasteiger partial charge is 1.00 e. The van der Waals surface area contributed by atoms with E-state index in [1.165, 1.54) is 7.11 Å². The largest absolute Gasteiger partial charge is 2.00 e. The van der Waals surface area contributed by atoms with E-state index in [2.05, 4.69) is 4.74 Å². The second-order valence-corrected chi connectivity index (χ2v) is 1.19. The van der Waals surface area contributed by atoms with E-state index in [0.29, 0.717) is 6.08 Å². The molecule has 0 bridgehead atoms. The average Bonchev–Trinajstić information content (AvgIpc) is 1.83. The number of hydrogen-bond donors (Lipinski definition) is 1. The molecule has 54 valence electrons. The standard InChI is InChI=1S/C5H6O4.Ca.2H/c1-9-5(8)3-2-4(6)7;;;/h2-3H,1H3,(H,6,7);;;/q;+2;2*-1. The van der Waals surface area contributed by atoms with Crippen LogP contribution in [0.1, 0.15) is 2.85 Å². The molecule has 0 unspecified atom stereocenters. The first-order valence-corrected chi connectivity index (χ1v) is 2.15. The fourth-order valence-electron chi connectivity index (χ4n) is 0.207. The van der Waals surface area contributed by atoms with Crippen molar-refractivity contribution in [2.45, 2.75) is 0 Å². The fourth-order valence-corrected chi connectivity index (χ4v) is 0.207. The maximum atomic E-state index is 10.1. The van der Waals surface area contributed by atoms with Gasteiger partial charge in [-0.3, -0.25) is 0 Å². The summed E-state index contributed by atoms with van der Waals surface area (Å²) in [6.45, 7) is 0. The molecule has 5 heteroatoms. The number of esters is 1. The van der Waals surface area contributed by atoms with Crippen LogP contribution in [-0.4, -0.2) is 61.9 Å². The summed E-state index contributed by atoms with van der Waals surface area (Å²) in [6.07, 6.45) is 1.55. The molecule has 0 saturated carbocycles. The van der Waals surface area contributed by atoms with Crippen molar-refractivity contribution in [3.05, 3.63) is 12.2 Å². The molecule has 0 fully saturated rings. The fraction of sp³-hybridized carbons (Fsp3) is 0.200. The van der Waals surface area contributed by atoms with Crippen LogP contribution >= 0.6 is 0 Å². The number of hydrogen-bond acceptors (Lipinski definition) is 3. The van der Waals surface area contributed by atoms with Gasteiger partial charge in [0, 0.05) is 12.2 Å². The topological polar surface area (TPSA) is 63.6 Å². The molecule has 0 aliphatic carbocycles. The number of carboxylic acids is 1. The van der Waals surface area contributed by atoms with Crippen LogP contribution in [-0.2, 0) is 14.3 Å². The van der Waals surface area contributed by atoms with Crippen molar-refractivity contribution in [1.29, 1.82) is 0 Å². The molecule has 0 heterocycles. The Morgan fingerprint density at radius 2 is 2.00 bits per heavy atom. The molecule has 0 spiro atoms. The van der Waals surface area contributed by atoms with E-state index in [1.807, 2.05) is 0 Å². The van der Waals surface area contributed by atoms with Crippen LogP contribution in [0.3, 0.4) is 0 Å². The summed E-state index contributed by atoms with van der Waals surface area (Å²) in [4.78, 5) is 19.9. The molecule has 0 saturated heterocycles. The second kappa shape index (κ2) is 7.05. The van der Waals surface area contributed by atoms with E-state index in [9.17, 15) is 9.59 Å². The van der Waals surface area contributed by atoms with Gasteiger partial charge < -0.3 is 12.7 Å². The van der Waals surface area contributed by atoms with Gasteiger partial charge in [-0.25, -0.2) is 9.59 Å². The molecule has 0 aromatic rings. The monoisotopic (exact) mass is 172 g/mol. The van der Waals surface area contributed by atoms with Crippen LogP contribution in [0.2, 0.25) is 0 Å². The van der Waals surface area contributed by atoms with Crippen molar-refractivity contribution >= 4 is 49.7 Å². The number of carbonyl (C=O) groups excluding carboxylic acids is 1. The van der Waals surface area contributed by atoms with Crippen LogP contribution in [0.15, 0.2) is 12.2 Å². The summed E-state index contributed by atoms with van der Waals surface area (Å²) in [7, 11) is 1.18. The molecule has 0 aromatic carbocycles. The van der Waals surface area contributed by atoms with Gasteiger partial charge in [-0.2, -0.15) is 0 Å². The normalized spacial score (nSPS) is 8.50. The van der Waals surface area contributed by atoms with Gasteiger partial charge in [0.25, 0.3) is 0 Å². The molecule has 1 N–H and O–H groups in total. The first-order chi connectivity index (χ1) is 4.16. The zero-order chi connectivity index (χ0) is 7.28. The summed E-state index contributed by atoms with van der Waals surface area (Å²) in [6, 6.07) is 0. The van der Waals surface area contributed by atoms with Crippen LogP contribution in [0.25, 0.3) is 0 Å². The minimum Gasteiger partial charge on any atom is -1.00 e. The van der Waals surface area contributed by atoms with E-state index < -0.39 is 11.9 Å². The Balaban J connectivity index is -0.000000107. The number of methoxy groups -OCH3 is 1. The summed E-state index contributed by atoms with van der Waals surface area (Å²) in [5, 5.41) is 7.96. The van der Waals surface area contributed by atoms with Gasteiger partial charge in [-0.1, -0.05) is 0 Å². The summed E-state index contributed by atoms with van der Waals surface area (Å²) < 4.78 is 4.11. The predicted molar refractivity (Wildman–Crippen MR) is 36.8 cm³/mol. The Morgan fingerprint density at radius 1 is 1.50 bits per heavy atom.